The predicted molar refractivity (Wildman–Crippen MR) is 135 cm³/mol. The van der Waals surface area contributed by atoms with Crippen LogP contribution in [0.1, 0.15) is 19.4 Å². The first-order valence-corrected chi connectivity index (χ1v) is 14.4. The summed E-state index contributed by atoms with van der Waals surface area (Å²) in [6.45, 7) is 7.38. The number of anilines is 1. The van der Waals surface area contributed by atoms with Gasteiger partial charge < -0.3 is 4.90 Å². The molecule has 0 fully saturated rings. The smallest absolute Gasteiger partial charge is 0.233 e. The van der Waals surface area contributed by atoms with Gasteiger partial charge in [-0.2, -0.15) is 0 Å². The lowest BCUT2D eigenvalue weighted by Crippen LogP contribution is -2.39. The summed E-state index contributed by atoms with van der Waals surface area (Å²) < 4.78 is 24.5. The first-order valence-electron chi connectivity index (χ1n) is 10.5. The van der Waals surface area contributed by atoms with E-state index >= 15 is 0 Å². The molecule has 6 nitrogen and oxygen atoms in total. The maximum atomic E-state index is 13.4. The van der Waals surface area contributed by atoms with E-state index in [9.17, 15) is 13.2 Å². The second-order valence-electron chi connectivity index (χ2n) is 7.47. The first-order chi connectivity index (χ1) is 15.3. The lowest BCUT2D eigenvalue weighted by atomic mass is 10.1. The average Bonchev–Trinajstić information content (AvgIpc) is 3.20. The van der Waals surface area contributed by atoms with E-state index in [2.05, 4.69) is 18.7 Å². The van der Waals surface area contributed by atoms with Crippen LogP contribution in [0.25, 0.3) is 10.2 Å². The number of thiazole rings is 1. The van der Waals surface area contributed by atoms with Gasteiger partial charge >= 0.3 is 0 Å². The fourth-order valence-electron chi connectivity index (χ4n) is 3.42. The van der Waals surface area contributed by atoms with Crippen LogP contribution in [0.15, 0.2) is 52.3 Å². The number of benzene rings is 2. The maximum Gasteiger partial charge on any atom is 0.233 e. The van der Waals surface area contributed by atoms with Crippen LogP contribution < -0.4 is 4.90 Å². The zero-order valence-corrected chi connectivity index (χ0v) is 21.3. The Morgan fingerprint density at radius 2 is 1.75 bits per heavy atom. The molecule has 0 bridgehead atoms. The Morgan fingerprint density at radius 1 is 1.06 bits per heavy atom. The first kappa shape index (κ1) is 24.7. The molecule has 172 valence electrons. The molecule has 9 heteroatoms. The topological polar surface area (TPSA) is 70.6 Å². The largest absolute Gasteiger partial charge is 0.302 e. The molecule has 0 spiro atoms. The molecule has 0 N–H and O–H groups in total. The van der Waals surface area contributed by atoms with Crippen LogP contribution in [0.3, 0.4) is 0 Å². The molecule has 0 aliphatic heterocycles. The standard InChI is InChI=1S/C23H29N3O3S3/c1-5-25(6-2)14-15-26(23-24-22-19(30-3)8-7-9-20(22)31-23)21(27)16-17-10-12-18(13-11-17)32(4,28)29/h7-13H,5-6,14-16H2,1-4H3. The summed E-state index contributed by atoms with van der Waals surface area (Å²) >= 11 is 3.18. The van der Waals surface area contributed by atoms with Gasteiger partial charge in [-0.1, -0.05) is 43.4 Å². The third-order valence-corrected chi connectivity index (χ3v) is 8.30. The number of thioether (sulfide) groups is 1. The van der Waals surface area contributed by atoms with Gasteiger partial charge in [0.1, 0.15) is 0 Å². The van der Waals surface area contributed by atoms with Crippen LogP contribution in [-0.4, -0.2) is 62.9 Å². The molecule has 32 heavy (non-hydrogen) atoms. The molecular formula is C23H29N3O3S3. The van der Waals surface area contributed by atoms with Crippen molar-refractivity contribution in [3.63, 3.8) is 0 Å². The van der Waals surface area contributed by atoms with Crippen molar-refractivity contribution >= 4 is 54.2 Å². The molecular weight excluding hydrogens is 462 g/mol. The number of carbonyl (C=O) groups is 1. The van der Waals surface area contributed by atoms with Gasteiger partial charge in [0.15, 0.2) is 15.0 Å². The van der Waals surface area contributed by atoms with Crippen molar-refractivity contribution in [1.82, 2.24) is 9.88 Å². The van der Waals surface area contributed by atoms with Gasteiger partial charge in [0, 0.05) is 24.2 Å². The van der Waals surface area contributed by atoms with Crippen molar-refractivity contribution in [2.24, 2.45) is 0 Å². The van der Waals surface area contributed by atoms with Crippen LogP contribution >= 0.6 is 23.1 Å². The second kappa shape index (κ2) is 10.8. The third kappa shape index (κ3) is 5.89. The van der Waals surface area contributed by atoms with E-state index in [1.807, 2.05) is 24.5 Å². The summed E-state index contributed by atoms with van der Waals surface area (Å²) in [6, 6.07) is 12.6. The minimum Gasteiger partial charge on any atom is -0.302 e. The number of rotatable bonds is 10. The number of aromatic nitrogens is 1. The lowest BCUT2D eigenvalue weighted by molar-refractivity contribution is -0.118. The summed E-state index contributed by atoms with van der Waals surface area (Å²) in [5.74, 6) is -0.0472. The highest BCUT2D eigenvalue weighted by atomic mass is 32.2. The second-order valence-corrected chi connectivity index (χ2v) is 11.3. The molecule has 1 heterocycles. The van der Waals surface area contributed by atoms with Crippen molar-refractivity contribution in [3.05, 3.63) is 48.0 Å². The zero-order valence-electron chi connectivity index (χ0n) is 18.9. The Morgan fingerprint density at radius 3 is 2.34 bits per heavy atom. The molecule has 1 amide bonds. The number of fused-ring (bicyclic) bond motifs is 1. The van der Waals surface area contributed by atoms with E-state index in [1.54, 1.807) is 40.9 Å². The summed E-state index contributed by atoms with van der Waals surface area (Å²) in [4.78, 5) is 23.6. The Bertz CT molecular complexity index is 1170. The average molecular weight is 492 g/mol. The van der Waals surface area contributed by atoms with Crippen molar-refractivity contribution in [2.45, 2.75) is 30.1 Å². The number of amides is 1. The number of para-hydroxylation sites is 1. The number of likely N-dealkylation sites (N-methyl/N-ethyl adjacent to an activating group) is 1. The van der Waals surface area contributed by atoms with Crippen molar-refractivity contribution in [2.75, 3.05) is 43.6 Å². The molecule has 0 unspecified atom stereocenters. The molecule has 3 rings (SSSR count). The Hall–Kier alpha value is -1.94. The minimum absolute atomic E-state index is 0.0472. The van der Waals surface area contributed by atoms with Gasteiger partial charge in [0.2, 0.25) is 5.91 Å². The Labute approximate surface area is 198 Å². The number of sulfone groups is 1. The highest BCUT2D eigenvalue weighted by Gasteiger charge is 2.21. The zero-order chi connectivity index (χ0) is 23.3. The van der Waals surface area contributed by atoms with E-state index in [1.165, 1.54) is 17.6 Å². The van der Waals surface area contributed by atoms with Crippen molar-refractivity contribution in [3.8, 4) is 0 Å². The van der Waals surface area contributed by atoms with Gasteiger partial charge in [-0.05, 0) is 49.2 Å². The summed E-state index contributed by atoms with van der Waals surface area (Å²) in [5, 5.41) is 0.700. The SMILES string of the molecule is CCN(CC)CCN(C(=O)Cc1ccc(S(C)(=O)=O)cc1)c1nc2c(SC)cccc2s1. The Kier molecular flexibility index (Phi) is 8.32. The van der Waals surface area contributed by atoms with Gasteiger partial charge in [-0.3, -0.25) is 9.69 Å². The number of nitrogens with zero attached hydrogens (tertiary/aromatic N) is 3. The van der Waals surface area contributed by atoms with Gasteiger partial charge in [0.25, 0.3) is 0 Å². The molecule has 0 saturated heterocycles. The quantitative estimate of drug-likeness (QED) is 0.393. The maximum absolute atomic E-state index is 13.4. The van der Waals surface area contributed by atoms with E-state index < -0.39 is 9.84 Å². The molecule has 1 aromatic heterocycles. The van der Waals surface area contributed by atoms with Gasteiger partial charge in [0.05, 0.1) is 21.5 Å². The van der Waals surface area contributed by atoms with Crippen molar-refractivity contribution < 1.29 is 13.2 Å². The summed E-state index contributed by atoms with van der Waals surface area (Å²) in [5.41, 5.74) is 1.71. The van der Waals surface area contributed by atoms with Crippen LogP contribution in [0.2, 0.25) is 0 Å². The van der Waals surface area contributed by atoms with Gasteiger partial charge in [-0.25, -0.2) is 13.4 Å². The van der Waals surface area contributed by atoms with Crippen molar-refractivity contribution in [1.29, 1.82) is 0 Å². The highest BCUT2D eigenvalue weighted by molar-refractivity contribution is 7.98. The van der Waals surface area contributed by atoms with Crippen LogP contribution in [-0.2, 0) is 21.1 Å². The molecule has 2 aromatic carbocycles. The minimum atomic E-state index is -3.26. The van der Waals surface area contributed by atoms with E-state index in [0.29, 0.717) is 11.7 Å². The van der Waals surface area contributed by atoms with Crippen LogP contribution in [0, 0.1) is 0 Å². The van der Waals surface area contributed by atoms with Gasteiger partial charge in [-0.15, -0.1) is 11.8 Å². The fourth-order valence-corrected chi connectivity index (χ4v) is 5.72. The molecule has 3 aromatic rings. The Balaban J connectivity index is 1.89. The molecule has 0 aliphatic carbocycles. The highest BCUT2D eigenvalue weighted by Crippen LogP contribution is 2.34. The molecule has 0 atom stereocenters. The van der Waals surface area contributed by atoms with Crippen LogP contribution in [0.4, 0.5) is 5.13 Å². The van der Waals surface area contributed by atoms with E-state index in [4.69, 9.17) is 4.98 Å². The van der Waals surface area contributed by atoms with E-state index in [0.717, 1.165) is 40.3 Å². The normalized spacial score (nSPS) is 11.9. The fraction of sp³-hybridized carbons (Fsp3) is 0.391. The molecule has 0 aliphatic rings. The monoisotopic (exact) mass is 491 g/mol. The predicted octanol–water partition coefficient (Wildman–Crippen LogP) is 4.34. The van der Waals surface area contributed by atoms with E-state index in [-0.39, 0.29) is 17.2 Å². The number of carbonyl (C=O) groups excluding carboxylic acids is 1. The third-order valence-electron chi connectivity index (χ3n) is 5.36. The summed E-state index contributed by atoms with van der Waals surface area (Å²) in [6.07, 6.45) is 3.39. The number of hydrogen-bond donors (Lipinski definition) is 0. The summed E-state index contributed by atoms with van der Waals surface area (Å²) in [7, 11) is -3.26. The molecule has 0 saturated carbocycles. The van der Waals surface area contributed by atoms with Crippen LogP contribution in [0.5, 0.6) is 0 Å². The molecule has 0 radical (unpaired) electrons. The lowest BCUT2D eigenvalue weighted by Gasteiger charge is -2.24. The number of hydrogen-bond acceptors (Lipinski definition) is 7.